The molecule has 1 N–H and O–H groups in total. The maximum absolute atomic E-state index is 13.1. The number of carbonyl (C=O) groups is 1. The highest BCUT2D eigenvalue weighted by atomic mass is 32.2. The molecule has 1 aliphatic heterocycles. The Labute approximate surface area is 185 Å². The number of amides is 1. The second-order valence-electron chi connectivity index (χ2n) is 7.27. The van der Waals surface area contributed by atoms with Crippen molar-refractivity contribution in [3.8, 4) is 17.0 Å². The fourth-order valence-electron chi connectivity index (χ4n) is 3.62. The SMILES string of the molecule is COc1ccc(S(=O)(=O)N2CCCC2C(=O)Nc2ccc(-c3csc(C)n3)cc2)cc1. The number of nitrogens with one attached hydrogen (secondary N) is 1. The number of aromatic nitrogens is 1. The number of anilines is 1. The molecule has 1 fully saturated rings. The van der Waals surface area contributed by atoms with Crippen LogP contribution in [0, 0.1) is 6.92 Å². The van der Waals surface area contributed by atoms with E-state index in [2.05, 4.69) is 10.3 Å². The van der Waals surface area contributed by atoms with Gasteiger partial charge in [0, 0.05) is 23.2 Å². The number of aryl methyl sites for hydroxylation is 1. The lowest BCUT2D eigenvalue weighted by molar-refractivity contribution is -0.119. The smallest absolute Gasteiger partial charge is 0.243 e. The lowest BCUT2D eigenvalue weighted by atomic mass is 10.1. The maximum Gasteiger partial charge on any atom is 0.243 e. The number of benzene rings is 2. The van der Waals surface area contributed by atoms with E-state index in [1.165, 1.54) is 23.5 Å². The normalized spacial score (nSPS) is 16.9. The topological polar surface area (TPSA) is 88.6 Å². The molecule has 1 aliphatic rings. The summed E-state index contributed by atoms with van der Waals surface area (Å²) >= 11 is 1.58. The van der Waals surface area contributed by atoms with Crippen LogP contribution in [-0.4, -0.2) is 43.3 Å². The number of rotatable bonds is 6. The van der Waals surface area contributed by atoms with E-state index in [0.717, 1.165) is 16.3 Å². The second-order valence-corrected chi connectivity index (χ2v) is 10.2. The molecule has 7 nitrogen and oxygen atoms in total. The van der Waals surface area contributed by atoms with Crippen molar-refractivity contribution < 1.29 is 17.9 Å². The third-order valence-electron chi connectivity index (χ3n) is 5.24. The molecule has 162 valence electrons. The lowest BCUT2D eigenvalue weighted by Gasteiger charge is -2.23. The van der Waals surface area contributed by atoms with Crippen LogP contribution in [0.3, 0.4) is 0 Å². The summed E-state index contributed by atoms with van der Waals surface area (Å²) in [6, 6.07) is 12.9. The molecule has 4 rings (SSSR count). The Hall–Kier alpha value is -2.75. The van der Waals surface area contributed by atoms with E-state index >= 15 is 0 Å². The van der Waals surface area contributed by atoms with Gasteiger partial charge in [-0.1, -0.05) is 12.1 Å². The Morgan fingerprint density at radius 3 is 2.48 bits per heavy atom. The number of hydrogen-bond donors (Lipinski definition) is 1. The zero-order chi connectivity index (χ0) is 22.0. The number of methoxy groups -OCH3 is 1. The highest BCUT2D eigenvalue weighted by Crippen LogP contribution is 2.28. The van der Waals surface area contributed by atoms with Gasteiger partial charge in [0.15, 0.2) is 0 Å². The van der Waals surface area contributed by atoms with Gasteiger partial charge in [-0.25, -0.2) is 13.4 Å². The Morgan fingerprint density at radius 2 is 1.87 bits per heavy atom. The van der Waals surface area contributed by atoms with Crippen molar-refractivity contribution in [3.63, 3.8) is 0 Å². The van der Waals surface area contributed by atoms with Crippen molar-refractivity contribution >= 4 is 33.0 Å². The zero-order valence-corrected chi connectivity index (χ0v) is 18.9. The van der Waals surface area contributed by atoms with Gasteiger partial charge in [-0.15, -0.1) is 11.3 Å². The van der Waals surface area contributed by atoms with E-state index in [9.17, 15) is 13.2 Å². The fourth-order valence-corrected chi connectivity index (χ4v) is 5.90. The molecule has 0 aliphatic carbocycles. The summed E-state index contributed by atoms with van der Waals surface area (Å²) < 4.78 is 32.6. The molecule has 1 atom stereocenters. The molecule has 0 bridgehead atoms. The van der Waals surface area contributed by atoms with Gasteiger partial charge in [0.2, 0.25) is 15.9 Å². The fraction of sp³-hybridized carbons (Fsp3) is 0.273. The minimum absolute atomic E-state index is 0.149. The molecule has 0 radical (unpaired) electrons. The van der Waals surface area contributed by atoms with Crippen LogP contribution in [0.25, 0.3) is 11.3 Å². The minimum Gasteiger partial charge on any atom is -0.497 e. The van der Waals surface area contributed by atoms with E-state index in [-0.39, 0.29) is 10.8 Å². The molecule has 1 unspecified atom stereocenters. The average Bonchev–Trinajstić information content (AvgIpc) is 3.44. The van der Waals surface area contributed by atoms with Crippen molar-refractivity contribution in [1.82, 2.24) is 9.29 Å². The van der Waals surface area contributed by atoms with E-state index in [4.69, 9.17) is 4.74 Å². The van der Waals surface area contributed by atoms with Crippen LogP contribution in [-0.2, 0) is 14.8 Å². The number of carbonyl (C=O) groups excluding carboxylic acids is 1. The van der Waals surface area contributed by atoms with Crippen molar-refractivity contribution in [2.24, 2.45) is 0 Å². The summed E-state index contributed by atoms with van der Waals surface area (Å²) in [7, 11) is -2.26. The summed E-state index contributed by atoms with van der Waals surface area (Å²) in [5, 5.41) is 5.84. The summed E-state index contributed by atoms with van der Waals surface area (Å²) in [6.07, 6.45) is 1.12. The number of thiazole rings is 1. The van der Waals surface area contributed by atoms with Crippen LogP contribution in [0.15, 0.2) is 58.8 Å². The van der Waals surface area contributed by atoms with E-state index in [1.807, 2.05) is 24.4 Å². The Balaban J connectivity index is 1.48. The lowest BCUT2D eigenvalue weighted by Crippen LogP contribution is -2.43. The molecule has 2 aromatic carbocycles. The summed E-state index contributed by atoms with van der Waals surface area (Å²) in [5.41, 5.74) is 2.48. The van der Waals surface area contributed by atoms with Crippen LogP contribution >= 0.6 is 11.3 Å². The Bertz CT molecular complexity index is 1170. The van der Waals surface area contributed by atoms with E-state index in [0.29, 0.717) is 30.8 Å². The Morgan fingerprint density at radius 1 is 1.16 bits per heavy atom. The van der Waals surface area contributed by atoms with Crippen molar-refractivity contribution in [3.05, 3.63) is 58.9 Å². The molecular formula is C22H23N3O4S2. The standard InChI is InChI=1S/C22H23N3O4S2/c1-15-23-20(14-30-15)16-5-7-17(8-6-16)24-22(26)21-4-3-13-25(21)31(27,28)19-11-9-18(29-2)10-12-19/h5-12,14,21H,3-4,13H2,1-2H3,(H,24,26). The third kappa shape index (κ3) is 4.48. The molecule has 9 heteroatoms. The Kier molecular flexibility index (Phi) is 6.08. The molecule has 1 saturated heterocycles. The molecule has 1 aromatic heterocycles. The number of sulfonamides is 1. The first-order valence-electron chi connectivity index (χ1n) is 9.88. The summed E-state index contributed by atoms with van der Waals surface area (Å²) in [6.45, 7) is 2.27. The van der Waals surface area contributed by atoms with Gasteiger partial charge in [0.05, 0.1) is 22.7 Å². The minimum atomic E-state index is -3.78. The van der Waals surface area contributed by atoms with Crippen molar-refractivity contribution in [2.45, 2.75) is 30.7 Å². The molecule has 1 amide bonds. The molecule has 2 heterocycles. The molecule has 31 heavy (non-hydrogen) atoms. The first-order valence-corrected chi connectivity index (χ1v) is 12.2. The van der Waals surface area contributed by atoms with Gasteiger partial charge in [-0.3, -0.25) is 4.79 Å². The van der Waals surface area contributed by atoms with Crippen LogP contribution < -0.4 is 10.1 Å². The quantitative estimate of drug-likeness (QED) is 0.606. The number of nitrogens with zero attached hydrogens (tertiary/aromatic N) is 2. The third-order valence-corrected chi connectivity index (χ3v) is 7.94. The number of hydrogen-bond acceptors (Lipinski definition) is 6. The van der Waals surface area contributed by atoms with E-state index < -0.39 is 16.1 Å². The summed E-state index contributed by atoms with van der Waals surface area (Å²) in [5.74, 6) is 0.248. The van der Waals surface area contributed by atoms with Crippen LogP contribution in [0.2, 0.25) is 0 Å². The molecular weight excluding hydrogens is 434 g/mol. The average molecular weight is 458 g/mol. The van der Waals surface area contributed by atoms with Crippen LogP contribution in [0.4, 0.5) is 5.69 Å². The molecule has 3 aromatic rings. The second kappa shape index (κ2) is 8.78. The van der Waals surface area contributed by atoms with Gasteiger partial charge in [-0.05, 0) is 56.2 Å². The highest BCUT2D eigenvalue weighted by Gasteiger charge is 2.39. The van der Waals surface area contributed by atoms with Gasteiger partial charge in [0.1, 0.15) is 11.8 Å². The predicted octanol–water partition coefficient (Wildman–Crippen LogP) is 3.92. The summed E-state index contributed by atoms with van der Waals surface area (Å²) in [4.78, 5) is 17.5. The van der Waals surface area contributed by atoms with Crippen LogP contribution in [0.1, 0.15) is 17.8 Å². The van der Waals surface area contributed by atoms with E-state index in [1.54, 1.807) is 35.6 Å². The largest absolute Gasteiger partial charge is 0.497 e. The molecule has 0 saturated carbocycles. The van der Waals surface area contributed by atoms with Crippen molar-refractivity contribution in [1.29, 1.82) is 0 Å². The maximum atomic E-state index is 13.1. The monoisotopic (exact) mass is 457 g/mol. The number of ether oxygens (including phenoxy) is 1. The van der Waals surface area contributed by atoms with Gasteiger partial charge in [-0.2, -0.15) is 4.31 Å². The zero-order valence-electron chi connectivity index (χ0n) is 17.2. The highest BCUT2D eigenvalue weighted by molar-refractivity contribution is 7.89. The molecule has 0 spiro atoms. The van der Waals surface area contributed by atoms with Gasteiger partial charge < -0.3 is 10.1 Å². The van der Waals surface area contributed by atoms with Gasteiger partial charge in [0.25, 0.3) is 0 Å². The predicted molar refractivity (Wildman–Crippen MR) is 121 cm³/mol. The first-order chi connectivity index (χ1) is 14.9. The van der Waals surface area contributed by atoms with Crippen LogP contribution in [0.5, 0.6) is 5.75 Å². The first kappa shape index (κ1) is 21.5. The van der Waals surface area contributed by atoms with Gasteiger partial charge >= 0.3 is 0 Å². The van der Waals surface area contributed by atoms with Crippen molar-refractivity contribution in [2.75, 3.05) is 19.0 Å².